The van der Waals surface area contributed by atoms with E-state index >= 15 is 0 Å². The third kappa shape index (κ3) is 3.73. The molecule has 0 aliphatic rings. The molecule has 0 aromatic carbocycles. The maximum absolute atomic E-state index is 11.7. The summed E-state index contributed by atoms with van der Waals surface area (Å²) in [5.41, 5.74) is -0.0577. The average Bonchev–Trinajstić information content (AvgIpc) is 2.27. The third-order valence-electron chi connectivity index (χ3n) is 4.64. The lowest BCUT2D eigenvalue weighted by atomic mass is 9.58. The van der Waals surface area contributed by atoms with Crippen molar-refractivity contribution >= 4 is 5.97 Å². The molecule has 0 saturated carbocycles. The van der Waals surface area contributed by atoms with E-state index in [1.807, 2.05) is 0 Å². The first-order chi connectivity index (χ1) is 8.34. The van der Waals surface area contributed by atoms with Crippen molar-refractivity contribution in [2.75, 3.05) is 0 Å². The predicted octanol–water partition coefficient (Wildman–Crippen LogP) is 4.98. The summed E-state index contributed by atoms with van der Waals surface area (Å²) < 4.78 is 0. The third-order valence-corrected chi connectivity index (χ3v) is 4.64. The van der Waals surface area contributed by atoms with E-state index in [0.29, 0.717) is 11.8 Å². The lowest BCUT2D eigenvalue weighted by Crippen LogP contribution is -2.44. The van der Waals surface area contributed by atoms with Crippen molar-refractivity contribution in [3.63, 3.8) is 0 Å². The largest absolute Gasteiger partial charge is 0.481 e. The Morgan fingerprint density at radius 3 is 1.83 bits per heavy atom. The molecule has 0 aliphatic carbocycles. The van der Waals surface area contributed by atoms with Gasteiger partial charge < -0.3 is 5.11 Å². The van der Waals surface area contributed by atoms with E-state index in [1.165, 1.54) is 0 Å². The summed E-state index contributed by atoms with van der Waals surface area (Å²) in [5.74, 6) is 0.0257. The van der Waals surface area contributed by atoms with Crippen molar-refractivity contribution < 1.29 is 9.90 Å². The number of rotatable bonds is 9. The predicted molar refractivity (Wildman–Crippen MR) is 77.7 cm³/mol. The fraction of sp³-hybridized carbons (Fsp3) is 0.938. The van der Waals surface area contributed by atoms with Gasteiger partial charge in [0.2, 0.25) is 0 Å². The SMILES string of the molecule is CCCCC(C(C)C)(C(C)C)C(CCC)C(=O)O. The number of carboxylic acid groups (broad SMARTS) is 1. The van der Waals surface area contributed by atoms with E-state index < -0.39 is 5.97 Å². The quantitative estimate of drug-likeness (QED) is 0.632. The van der Waals surface area contributed by atoms with Crippen molar-refractivity contribution in [2.45, 2.75) is 73.6 Å². The summed E-state index contributed by atoms with van der Waals surface area (Å²) in [6.07, 6.45) is 5.05. The molecule has 1 unspecified atom stereocenters. The fourth-order valence-electron chi connectivity index (χ4n) is 3.62. The van der Waals surface area contributed by atoms with Gasteiger partial charge in [-0.25, -0.2) is 0 Å². The molecule has 1 atom stereocenters. The van der Waals surface area contributed by atoms with Gasteiger partial charge in [-0.2, -0.15) is 0 Å². The van der Waals surface area contributed by atoms with Crippen molar-refractivity contribution in [3.8, 4) is 0 Å². The molecular weight excluding hydrogens is 224 g/mol. The molecule has 0 heterocycles. The summed E-state index contributed by atoms with van der Waals surface area (Å²) in [7, 11) is 0. The van der Waals surface area contributed by atoms with Crippen molar-refractivity contribution in [1.29, 1.82) is 0 Å². The van der Waals surface area contributed by atoms with E-state index in [4.69, 9.17) is 0 Å². The molecule has 0 aliphatic heterocycles. The molecule has 0 aromatic heterocycles. The van der Waals surface area contributed by atoms with Gasteiger partial charge in [-0.1, -0.05) is 60.8 Å². The van der Waals surface area contributed by atoms with Crippen LogP contribution in [0.1, 0.15) is 73.6 Å². The van der Waals surface area contributed by atoms with Crippen LogP contribution >= 0.6 is 0 Å². The summed E-state index contributed by atoms with van der Waals surface area (Å²) in [4.78, 5) is 11.7. The zero-order valence-corrected chi connectivity index (χ0v) is 13.1. The molecule has 2 nitrogen and oxygen atoms in total. The van der Waals surface area contributed by atoms with Crippen LogP contribution in [-0.2, 0) is 4.79 Å². The Kier molecular flexibility index (Phi) is 7.58. The van der Waals surface area contributed by atoms with Crippen LogP contribution in [0.15, 0.2) is 0 Å². The molecule has 0 spiro atoms. The van der Waals surface area contributed by atoms with Gasteiger partial charge in [0.25, 0.3) is 0 Å². The Labute approximate surface area is 113 Å². The van der Waals surface area contributed by atoms with Gasteiger partial charge in [-0.3, -0.25) is 4.79 Å². The lowest BCUT2D eigenvalue weighted by Gasteiger charge is -2.46. The second-order valence-corrected chi connectivity index (χ2v) is 6.20. The van der Waals surface area contributed by atoms with Gasteiger partial charge in [-0.05, 0) is 30.1 Å². The Balaban J connectivity index is 5.41. The van der Waals surface area contributed by atoms with Crippen molar-refractivity contribution in [1.82, 2.24) is 0 Å². The minimum atomic E-state index is -0.602. The van der Waals surface area contributed by atoms with Crippen LogP contribution in [0, 0.1) is 23.2 Å². The fourth-order valence-corrected chi connectivity index (χ4v) is 3.62. The van der Waals surface area contributed by atoms with Gasteiger partial charge in [0.15, 0.2) is 0 Å². The molecule has 0 bridgehead atoms. The van der Waals surface area contributed by atoms with Crippen LogP contribution in [0.4, 0.5) is 0 Å². The number of carboxylic acids is 1. The van der Waals surface area contributed by atoms with Crippen LogP contribution in [0.2, 0.25) is 0 Å². The first kappa shape index (κ1) is 17.5. The summed E-state index contributed by atoms with van der Waals surface area (Å²) in [5, 5.41) is 9.64. The Bertz CT molecular complexity index is 235. The molecular formula is C16H32O2. The number of carbonyl (C=O) groups is 1. The normalized spacial score (nSPS) is 14.2. The minimum Gasteiger partial charge on any atom is -0.481 e. The molecule has 0 saturated heterocycles. The number of unbranched alkanes of at least 4 members (excludes halogenated alkanes) is 1. The van der Waals surface area contributed by atoms with Crippen LogP contribution in [0.5, 0.6) is 0 Å². The first-order valence-electron chi connectivity index (χ1n) is 7.57. The second-order valence-electron chi connectivity index (χ2n) is 6.20. The van der Waals surface area contributed by atoms with E-state index in [1.54, 1.807) is 0 Å². The van der Waals surface area contributed by atoms with Gasteiger partial charge in [-0.15, -0.1) is 0 Å². The molecule has 1 N–H and O–H groups in total. The van der Waals surface area contributed by atoms with Gasteiger partial charge in [0.1, 0.15) is 0 Å². The molecule has 0 radical (unpaired) electrons. The Morgan fingerprint density at radius 2 is 1.56 bits per heavy atom. The highest BCUT2D eigenvalue weighted by molar-refractivity contribution is 5.71. The number of hydrogen-bond acceptors (Lipinski definition) is 1. The Hall–Kier alpha value is -0.530. The lowest BCUT2D eigenvalue weighted by molar-refractivity contribution is -0.152. The highest BCUT2D eigenvalue weighted by Crippen LogP contribution is 2.49. The van der Waals surface area contributed by atoms with Crippen LogP contribution in [0.25, 0.3) is 0 Å². The van der Waals surface area contributed by atoms with E-state index in [9.17, 15) is 9.90 Å². The summed E-state index contributed by atoms with van der Waals surface area (Å²) in [6, 6.07) is 0. The first-order valence-corrected chi connectivity index (χ1v) is 7.57. The summed E-state index contributed by atoms with van der Waals surface area (Å²) in [6.45, 7) is 13.0. The van der Waals surface area contributed by atoms with Gasteiger partial charge in [0.05, 0.1) is 5.92 Å². The maximum Gasteiger partial charge on any atom is 0.307 e. The monoisotopic (exact) mass is 256 g/mol. The molecule has 0 fully saturated rings. The number of aliphatic carboxylic acids is 1. The summed E-state index contributed by atoms with van der Waals surface area (Å²) >= 11 is 0. The number of hydrogen-bond donors (Lipinski definition) is 1. The molecule has 0 aromatic rings. The molecule has 2 heteroatoms. The second kappa shape index (κ2) is 7.81. The van der Waals surface area contributed by atoms with Crippen molar-refractivity contribution in [2.24, 2.45) is 23.2 Å². The molecule has 0 rings (SSSR count). The Morgan fingerprint density at radius 1 is 1.06 bits per heavy atom. The topological polar surface area (TPSA) is 37.3 Å². The van der Waals surface area contributed by atoms with Crippen LogP contribution < -0.4 is 0 Å². The zero-order chi connectivity index (χ0) is 14.3. The maximum atomic E-state index is 11.7. The van der Waals surface area contributed by atoms with Crippen molar-refractivity contribution in [3.05, 3.63) is 0 Å². The van der Waals surface area contributed by atoms with E-state index in [-0.39, 0.29) is 11.3 Å². The zero-order valence-electron chi connectivity index (χ0n) is 13.1. The molecule has 0 amide bonds. The highest BCUT2D eigenvalue weighted by atomic mass is 16.4. The van der Waals surface area contributed by atoms with E-state index in [0.717, 1.165) is 32.1 Å². The van der Waals surface area contributed by atoms with Crippen LogP contribution in [-0.4, -0.2) is 11.1 Å². The van der Waals surface area contributed by atoms with E-state index in [2.05, 4.69) is 41.5 Å². The minimum absolute atomic E-state index is 0.0577. The molecule has 18 heavy (non-hydrogen) atoms. The van der Waals surface area contributed by atoms with Gasteiger partial charge >= 0.3 is 5.97 Å². The standard InChI is InChI=1S/C16H32O2/c1-7-9-11-16(12(3)4,13(5)6)14(10-8-2)15(17)18/h12-14H,7-11H2,1-6H3,(H,17,18). The highest BCUT2D eigenvalue weighted by Gasteiger charge is 2.46. The smallest absolute Gasteiger partial charge is 0.307 e. The van der Waals surface area contributed by atoms with Crippen LogP contribution in [0.3, 0.4) is 0 Å². The average molecular weight is 256 g/mol. The van der Waals surface area contributed by atoms with Gasteiger partial charge in [0, 0.05) is 0 Å². The molecule has 108 valence electrons.